The van der Waals surface area contributed by atoms with Gasteiger partial charge in [-0.15, -0.1) is 0 Å². The first kappa shape index (κ1) is 31.8. The van der Waals surface area contributed by atoms with E-state index < -0.39 is 105 Å². The lowest BCUT2D eigenvalue weighted by atomic mass is 9.99. The van der Waals surface area contributed by atoms with Gasteiger partial charge in [-0.2, -0.15) is 0 Å². The predicted molar refractivity (Wildman–Crippen MR) is 154 cm³/mol. The highest BCUT2D eigenvalue weighted by atomic mass is 31.2. The number of hydrogen-bond acceptors (Lipinski definition) is 2. The summed E-state index contributed by atoms with van der Waals surface area (Å²) in [6, 6.07) is 12.1. The molecule has 2 atom stereocenters. The molecule has 5 aromatic rings. The molecule has 0 saturated carbocycles. The summed E-state index contributed by atoms with van der Waals surface area (Å²) in [5, 5.41) is -5.40. The summed E-state index contributed by atoms with van der Waals surface area (Å²) < 4.78 is 177. The lowest BCUT2D eigenvalue weighted by Gasteiger charge is -2.21. The van der Waals surface area contributed by atoms with E-state index in [4.69, 9.17) is 0 Å². The highest BCUT2D eigenvalue weighted by molar-refractivity contribution is 7.88. The summed E-state index contributed by atoms with van der Waals surface area (Å²) in [4.78, 5) is 0. The fourth-order valence-electron chi connectivity index (χ4n) is 6.05. The Morgan fingerprint density at radius 2 is 0.739 bits per heavy atom. The van der Waals surface area contributed by atoms with Gasteiger partial charge in [0.15, 0.2) is 60.8 Å². The molecule has 0 amide bonds. The molecule has 46 heavy (non-hydrogen) atoms. The summed E-state index contributed by atoms with van der Waals surface area (Å²) in [7, 11) is -10.3. The minimum absolute atomic E-state index is 0.0352. The highest BCUT2D eigenvalue weighted by Crippen LogP contribution is 2.60. The second kappa shape index (κ2) is 10.7. The molecular formula is C32H16F10O2P2. The van der Waals surface area contributed by atoms with Crippen LogP contribution in [0.2, 0.25) is 0 Å². The van der Waals surface area contributed by atoms with Crippen molar-refractivity contribution in [3.05, 3.63) is 119 Å². The van der Waals surface area contributed by atoms with Crippen LogP contribution in [0.3, 0.4) is 0 Å². The first-order chi connectivity index (χ1) is 21.8. The van der Waals surface area contributed by atoms with Crippen LogP contribution in [0.4, 0.5) is 43.9 Å². The Kier molecular flexibility index (Phi) is 7.41. The van der Waals surface area contributed by atoms with Gasteiger partial charge in [-0.3, -0.25) is 0 Å². The first-order valence-corrected chi connectivity index (χ1v) is 16.8. The van der Waals surface area contributed by atoms with Gasteiger partial charge in [0.1, 0.15) is 0 Å². The molecule has 0 spiro atoms. The molecule has 2 aliphatic rings. The quantitative estimate of drug-likeness (QED) is 0.0827. The fraction of sp³-hybridized carbons (Fsp3) is 0.0625. The topological polar surface area (TPSA) is 34.1 Å². The van der Waals surface area contributed by atoms with E-state index in [-0.39, 0.29) is 22.0 Å². The van der Waals surface area contributed by atoms with Crippen molar-refractivity contribution in [3.63, 3.8) is 0 Å². The van der Waals surface area contributed by atoms with Crippen LogP contribution < -0.4 is 31.8 Å². The van der Waals surface area contributed by atoms with Crippen molar-refractivity contribution in [3.8, 4) is 22.3 Å². The zero-order valence-electron chi connectivity index (χ0n) is 23.3. The van der Waals surface area contributed by atoms with Gasteiger partial charge in [0.25, 0.3) is 0 Å². The van der Waals surface area contributed by atoms with Gasteiger partial charge >= 0.3 is 0 Å². The van der Waals surface area contributed by atoms with Crippen LogP contribution in [-0.4, -0.2) is 0 Å². The van der Waals surface area contributed by atoms with Crippen molar-refractivity contribution in [1.29, 1.82) is 0 Å². The van der Waals surface area contributed by atoms with E-state index in [1.807, 2.05) is 13.8 Å². The molecule has 0 N–H and O–H groups in total. The fourth-order valence-corrected chi connectivity index (χ4v) is 12.7. The molecule has 0 aliphatic carbocycles. The second-order valence-corrected chi connectivity index (χ2v) is 15.2. The Bertz CT molecular complexity index is 2210. The second-order valence-electron chi connectivity index (χ2n) is 9.95. The zero-order chi connectivity index (χ0) is 33.6. The minimum Gasteiger partial charge on any atom is -0.308 e. The van der Waals surface area contributed by atoms with Gasteiger partial charge in [-0.25, -0.2) is 43.9 Å². The lowest BCUT2D eigenvalue weighted by Crippen LogP contribution is -2.32. The molecule has 236 valence electrons. The average Bonchev–Trinajstić information content (AvgIpc) is 3.48. The predicted octanol–water partition coefficient (Wildman–Crippen LogP) is 7.34. The van der Waals surface area contributed by atoms with E-state index in [9.17, 15) is 30.9 Å². The lowest BCUT2D eigenvalue weighted by molar-refractivity contribution is 0.384. The molecule has 0 radical (unpaired) electrons. The molecule has 2 unspecified atom stereocenters. The SMILES string of the molecule is CC.O=P1(c2c(F)c(F)c(F)c(F)c2F)c2ccccc2-c2c1ccc1c2P(=O)(c2c(F)c(F)c(F)c(F)c2F)c2ccccc2-1. The number of fused-ring (bicyclic) bond motifs is 7. The van der Waals surface area contributed by atoms with Gasteiger partial charge in [-0.05, 0) is 22.8 Å². The Labute approximate surface area is 254 Å². The van der Waals surface area contributed by atoms with Gasteiger partial charge in [-0.1, -0.05) is 68.4 Å². The van der Waals surface area contributed by atoms with Crippen LogP contribution in [0, 0.1) is 58.2 Å². The third-order valence-electron chi connectivity index (χ3n) is 7.86. The molecule has 0 bridgehead atoms. The molecule has 7 rings (SSSR count). The Morgan fingerprint density at radius 1 is 0.370 bits per heavy atom. The molecule has 14 heteroatoms. The van der Waals surface area contributed by atoms with E-state index in [0.717, 1.165) is 24.3 Å². The van der Waals surface area contributed by atoms with Crippen molar-refractivity contribution < 1.29 is 53.0 Å². The third kappa shape index (κ3) is 3.74. The van der Waals surface area contributed by atoms with Crippen LogP contribution >= 0.6 is 14.3 Å². The average molecular weight is 684 g/mol. The molecule has 0 aromatic heterocycles. The maximum atomic E-state index is 15.4. The molecule has 2 aliphatic heterocycles. The van der Waals surface area contributed by atoms with Crippen molar-refractivity contribution in [2.75, 3.05) is 0 Å². The van der Waals surface area contributed by atoms with Crippen LogP contribution in [0.1, 0.15) is 13.8 Å². The minimum atomic E-state index is -5.16. The van der Waals surface area contributed by atoms with Crippen LogP contribution in [0.5, 0.6) is 0 Å². The van der Waals surface area contributed by atoms with E-state index in [1.54, 1.807) is 0 Å². The van der Waals surface area contributed by atoms with Crippen LogP contribution in [0.25, 0.3) is 22.3 Å². The van der Waals surface area contributed by atoms with E-state index in [0.29, 0.717) is 0 Å². The van der Waals surface area contributed by atoms with E-state index in [2.05, 4.69) is 0 Å². The summed E-state index contributed by atoms with van der Waals surface area (Å²) in [5.41, 5.74) is -0.669. The maximum absolute atomic E-state index is 15.4. The zero-order valence-corrected chi connectivity index (χ0v) is 25.1. The smallest absolute Gasteiger partial charge is 0.200 e. The summed E-state index contributed by atoms with van der Waals surface area (Å²) in [5.74, 6) is -24.2. The molecule has 2 heterocycles. The van der Waals surface area contributed by atoms with Gasteiger partial charge in [0.2, 0.25) is 11.6 Å². The van der Waals surface area contributed by atoms with Gasteiger partial charge in [0, 0.05) is 26.8 Å². The Morgan fingerprint density at radius 3 is 1.22 bits per heavy atom. The largest absolute Gasteiger partial charge is 0.308 e. The first-order valence-electron chi connectivity index (χ1n) is 13.4. The summed E-state index contributed by atoms with van der Waals surface area (Å²) >= 11 is 0. The summed E-state index contributed by atoms with van der Waals surface area (Å²) in [6.45, 7) is 4.00. The highest BCUT2D eigenvalue weighted by Gasteiger charge is 2.53. The number of hydrogen-bond donors (Lipinski definition) is 0. The number of rotatable bonds is 2. The molecule has 2 nitrogen and oxygen atoms in total. The monoisotopic (exact) mass is 684 g/mol. The molecule has 0 saturated heterocycles. The molecule has 5 aromatic carbocycles. The van der Waals surface area contributed by atoms with Crippen LogP contribution in [0.15, 0.2) is 60.7 Å². The number of benzene rings is 5. The van der Waals surface area contributed by atoms with Crippen molar-refractivity contribution in [1.82, 2.24) is 0 Å². The van der Waals surface area contributed by atoms with Crippen LogP contribution in [-0.2, 0) is 9.13 Å². The van der Waals surface area contributed by atoms with Crippen molar-refractivity contribution in [2.24, 2.45) is 0 Å². The normalized spacial score (nSPS) is 18.8. The van der Waals surface area contributed by atoms with Crippen molar-refractivity contribution >= 4 is 46.1 Å². The Balaban J connectivity index is 0.00000182. The maximum Gasteiger partial charge on any atom is 0.200 e. The van der Waals surface area contributed by atoms with Gasteiger partial charge < -0.3 is 9.13 Å². The third-order valence-corrected chi connectivity index (χ3v) is 14.2. The van der Waals surface area contributed by atoms with E-state index >= 15 is 22.1 Å². The van der Waals surface area contributed by atoms with Gasteiger partial charge in [0.05, 0.1) is 10.6 Å². The number of halogens is 10. The molecular weight excluding hydrogens is 668 g/mol. The van der Waals surface area contributed by atoms with E-state index in [1.165, 1.54) is 36.4 Å². The summed E-state index contributed by atoms with van der Waals surface area (Å²) in [6.07, 6.45) is 0. The Hall–Kier alpha value is -4.14. The molecule has 0 fully saturated rings. The van der Waals surface area contributed by atoms with Crippen molar-refractivity contribution in [2.45, 2.75) is 13.8 Å². The standard InChI is InChI=1S/C30H10F10O2P2.C2H6/c31-18-20(33)24(37)29(25(38)21(18)34)43(41)15-8-4-2-6-13(15)17-16(43)10-9-12-11-5-1-3-7-14(11)44(42,28(12)17)30-26(39)22(35)19(32)23(36)27(30)40;1-2/h1-10H;1-2H3.